The van der Waals surface area contributed by atoms with Crippen LogP contribution in [0.25, 0.3) is 0 Å². The molecule has 1 aromatic carbocycles. The SMILES string of the molecule is COc1nc(C)ccc1CNc1ncnc(N2CCCC2c2ccc(C(F)(F)F)cc2)c1F. The zero-order valence-corrected chi connectivity index (χ0v) is 18.2. The third kappa shape index (κ3) is 4.84. The molecule has 0 saturated carbocycles. The summed E-state index contributed by atoms with van der Waals surface area (Å²) in [5.41, 5.74) is 1.51. The average Bonchev–Trinajstić information content (AvgIpc) is 3.28. The fourth-order valence-corrected chi connectivity index (χ4v) is 4.00. The van der Waals surface area contributed by atoms with E-state index in [4.69, 9.17) is 4.74 Å². The number of ether oxygens (including phenoxy) is 1. The fourth-order valence-electron chi connectivity index (χ4n) is 4.00. The lowest BCUT2D eigenvalue weighted by Crippen LogP contribution is -2.25. The Bertz CT molecular complexity index is 1120. The molecule has 2 aromatic heterocycles. The molecule has 3 aromatic rings. The maximum atomic E-state index is 15.4. The molecular formula is C23H23F4N5O. The number of hydrogen-bond acceptors (Lipinski definition) is 6. The molecule has 3 heterocycles. The first kappa shape index (κ1) is 22.8. The van der Waals surface area contributed by atoms with E-state index >= 15 is 4.39 Å². The van der Waals surface area contributed by atoms with Gasteiger partial charge >= 0.3 is 6.18 Å². The van der Waals surface area contributed by atoms with Crippen molar-refractivity contribution in [2.75, 3.05) is 23.9 Å². The van der Waals surface area contributed by atoms with Crippen LogP contribution in [0.2, 0.25) is 0 Å². The van der Waals surface area contributed by atoms with Crippen molar-refractivity contribution in [2.24, 2.45) is 0 Å². The number of aryl methyl sites for hydroxylation is 1. The number of pyridine rings is 1. The molecule has 10 heteroatoms. The first-order valence-corrected chi connectivity index (χ1v) is 10.5. The van der Waals surface area contributed by atoms with Crippen molar-refractivity contribution in [3.63, 3.8) is 0 Å². The predicted molar refractivity (Wildman–Crippen MR) is 116 cm³/mol. The van der Waals surface area contributed by atoms with Gasteiger partial charge in [-0.15, -0.1) is 0 Å². The summed E-state index contributed by atoms with van der Waals surface area (Å²) < 4.78 is 59.4. The largest absolute Gasteiger partial charge is 0.481 e. The second-order valence-electron chi connectivity index (χ2n) is 7.81. The normalized spacial score (nSPS) is 16.2. The van der Waals surface area contributed by atoms with Gasteiger partial charge < -0.3 is 15.0 Å². The van der Waals surface area contributed by atoms with Crippen LogP contribution in [0.4, 0.5) is 29.2 Å². The molecule has 1 saturated heterocycles. The Kier molecular flexibility index (Phi) is 6.35. The highest BCUT2D eigenvalue weighted by molar-refractivity contribution is 5.53. The molecule has 6 nitrogen and oxygen atoms in total. The number of benzene rings is 1. The van der Waals surface area contributed by atoms with E-state index in [-0.39, 0.29) is 24.2 Å². The van der Waals surface area contributed by atoms with Crippen LogP contribution in [-0.4, -0.2) is 28.6 Å². The summed E-state index contributed by atoms with van der Waals surface area (Å²) in [6.07, 6.45) is -1.68. The second-order valence-corrected chi connectivity index (χ2v) is 7.81. The highest BCUT2D eigenvalue weighted by Crippen LogP contribution is 2.38. The van der Waals surface area contributed by atoms with E-state index in [1.54, 1.807) is 4.90 Å². The van der Waals surface area contributed by atoms with E-state index in [1.165, 1.54) is 25.6 Å². The van der Waals surface area contributed by atoms with Gasteiger partial charge in [-0.2, -0.15) is 17.6 Å². The first-order valence-electron chi connectivity index (χ1n) is 10.5. The molecule has 0 bridgehead atoms. The molecule has 1 atom stereocenters. The Morgan fingerprint density at radius 2 is 1.88 bits per heavy atom. The van der Waals surface area contributed by atoms with Crippen molar-refractivity contribution >= 4 is 11.6 Å². The van der Waals surface area contributed by atoms with Crippen molar-refractivity contribution in [2.45, 2.75) is 38.5 Å². The quantitative estimate of drug-likeness (QED) is 0.503. The second kappa shape index (κ2) is 9.21. The van der Waals surface area contributed by atoms with E-state index in [0.717, 1.165) is 29.8 Å². The molecule has 0 radical (unpaired) electrons. The number of hydrogen-bond donors (Lipinski definition) is 1. The summed E-state index contributed by atoms with van der Waals surface area (Å²) in [6.45, 7) is 2.63. The summed E-state index contributed by atoms with van der Waals surface area (Å²) >= 11 is 0. The third-order valence-corrected chi connectivity index (χ3v) is 5.64. The lowest BCUT2D eigenvalue weighted by molar-refractivity contribution is -0.137. The van der Waals surface area contributed by atoms with E-state index in [0.29, 0.717) is 24.4 Å². The summed E-state index contributed by atoms with van der Waals surface area (Å²) in [7, 11) is 1.52. The van der Waals surface area contributed by atoms with Gasteiger partial charge in [0.1, 0.15) is 6.33 Å². The third-order valence-electron chi connectivity index (χ3n) is 5.64. The smallest absolute Gasteiger partial charge is 0.416 e. The lowest BCUT2D eigenvalue weighted by atomic mass is 10.0. The van der Waals surface area contributed by atoms with E-state index in [9.17, 15) is 13.2 Å². The van der Waals surface area contributed by atoms with Crippen LogP contribution < -0.4 is 15.0 Å². The number of nitrogens with zero attached hydrogens (tertiary/aromatic N) is 4. The number of alkyl halides is 3. The standard InChI is InChI=1S/C23H23F4N5O/c1-14-5-6-16(22(31-14)33-2)12-28-20-19(24)21(30-13-29-20)32-11-3-4-18(32)15-7-9-17(10-8-15)23(25,26)27/h5-10,13,18H,3-4,11-12H2,1-2H3,(H,28,29,30). The predicted octanol–water partition coefficient (Wildman–Crippen LogP) is 5.30. The summed E-state index contributed by atoms with van der Waals surface area (Å²) in [6, 6.07) is 8.40. The van der Waals surface area contributed by atoms with Crippen molar-refractivity contribution in [3.05, 3.63) is 70.9 Å². The van der Waals surface area contributed by atoms with Crippen LogP contribution in [-0.2, 0) is 12.7 Å². The lowest BCUT2D eigenvalue weighted by Gasteiger charge is -2.27. The van der Waals surface area contributed by atoms with Gasteiger partial charge in [0.2, 0.25) is 11.7 Å². The van der Waals surface area contributed by atoms with Crippen molar-refractivity contribution in [1.82, 2.24) is 15.0 Å². The van der Waals surface area contributed by atoms with Crippen molar-refractivity contribution in [3.8, 4) is 5.88 Å². The number of nitrogens with one attached hydrogen (secondary N) is 1. The first-order chi connectivity index (χ1) is 15.8. The number of halogens is 4. The minimum atomic E-state index is -4.40. The van der Waals surface area contributed by atoms with Crippen molar-refractivity contribution < 1.29 is 22.3 Å². The molecule has 1 N–H and O–H groups in total. The van der Waals surface area contributed by atoms with Crippen LogP contribution in [0.15, 0.2) is 42.7 Å². The Morgan fingerprint density at radius 3 is 2.58 bits per heavy atom. The van der Waals surface area contributed by atoms with Crippen molar-refractivity contribution in [1.29, 1.82) is 0 Å². The van der Waals surface area contributed by atoms with Gasteiger partial charge in [-0.1, -0.05) is 18.2 Å². The van der Waals surface area contributed by atoms with Gasteiger partial charge in [0.25, 0.3) is 0 Å². The number of anilines is 2. The Balaban J connectivity index is 1.55. The number of methoxy groups -OCH3 is 1. The van der Waals surface area contributed by atoms with E-state index < -0.39 is 17.6 Å². The van der Waals surface area contributed by atoms with Gasteiger partial charge in [0, 0.05) is 24.3 Å². The highest BCUT2D eigenvalue weighted by atomic mass is 19.4. The summed E-state index contributed by atoms with van der Waals surface area (Å²) in [5, 5.41) is 2.97. The van der Waals surface area contributed by atoms with Crippen LogP contribution >= 0.6 is 0 Å². The molecule has 1 fully saturated rings. The van der Waals surface area contributed by atoms with Gasteiger partial charge in [0.15, 0.2) is 11.6 Å². The zero-order valence-electron chi connectivity index (χ0n) is 18.2. The molecule has 1 aliphatic rings. The molecule has 1 unspecified atom stereocenters. The molecule has 1 aliphatic heterocycles. The van der Waals surface area contributed by atoms with E-state index in [1.807, 2.05) is 19.1 Å². The van der Waals surface area contributed by atoms with Gasteiger partial charge in [0.05, 0.1) is 18.7 Å². The average molecular weight is 461 g/mol. The van der Waals surface area contributed by atoms with E-state index in [2.05, 4.69) is 20.3 Å². The molecule has 174 valence electrons. The number of rotatable bonds is 6. The molecular weight excluding hydrogens is 438 g/mol. The topological polar surface area (TPSA) is 63.2 Å². The van der Waals surface area contributed by atoms with Gasteiger partial charge in [-0.25, -0.2) is 15.0 Å². The molecule has 33 heavy (non-hydrogen) atoms. The molecule has 0 aliphatic carbocycles. The molecule has 0 spiro atoms. The zero-order chi connectivity index (χ0) is 23.6. The van der Waals surface area contributed by atoms with Crippen LogP contribution in [0, 0.1) is 12.7 Å². The van der Waals surface area contributed by atoms with Crippen LogP contribution in [0.5, 0.6) is 5.88 Å². The Hall–Kier alpha value is -3.43. The van der Waals surface area contributed by atoms with Crippen LogP contribution in [0.1, 0.15) is 41.3 Å². The minimum Gasteiger partial charge on any atom is -0.481 e. The summed E-state index contributed by atoms with van der Waals surface area (Å²) in [4.78, 5) is 14.2. The summed E-state index contributed by atoms with van der Waals surface area (Å²) in [5.74, 6) is -0.0287. The molecule has 0 amide bonds. The monoisotopic (exact) mass is 461 g/mol. The fraction of sp³-hybridized carbons (Fsp3) is 0.348. The maximum Gasteiger partial charge on any atom is 0.416 e. The van der Waals surface area contributed by atoms with Gasteiger partial charge in [-0.3, -0.25) is 0 Å². The minimum absolute atomic E-state index is 0.0284. The Morgan fingerprint density at radius 1 is 1.12 bits per heavy atom. The number of aromatic nitrogens is 3. The highest BCUT2D eigenvalue weighted by Gasteiger charge is 2.33. The molecule has 4 rings (SSSR count). The van der Waals surface area contributed by atoms with Gasteiger partial charge in [-0.05, 0) is 43.5 Å². The maximum absolute atomic E-state index is 15.4. The van der Waals surface area contributed by atoms with Crippen LogP contribution in [0.3, 0.4) is 0 Å². The Labute approximate surface area is 188 Å².